The summed E-state index contributed by atoms with van der Waals surface area (Å²) >= 11 is 0. The van der Waals surface area contributed by atoms with Gasteiger partial charge >= 0.3 is 0 Å². The topological polar surface area (TPSA) is 70.6 Å². The average molecular weight is 171 g/mol. The minimum Gasteiger partial charge on any atom is -0.409 e. The second-order valence-corrected chi connectivity index (χ2v) is 3.49. The van der Waals surface area contributed by atoms with E-state index in [2.05, 4.69) is 17.4 Å². The highest BCUT2D eigenvalue weighted by Crippen LogP contribution is 2.18. The molecule has 1 aliphatic rings. The molecule has 1 atom stereocenters. The number of hydrogen-bond acceptors (Lipinski definition) is 3. The first kappa shape index (κ1) is 9.32. The van der Waals surface area contributed by atoms with Gasteiger partial charge in [0.15, 0.2) is 0 Å². The number of hydrogen-bond donors (Lipinski definition) is 3. The van der Waals surface area contributed by atoms with Gasteiger partial charge in [-0.15, -0.1) is 0 Å². The Hall–Kier alpha value is -0.770. The van der Waals surface area contributed by atoms with Crippen molar-refractivity contribution in [3.63, 3.8) is 0 Å². The molecule has 1 unspecified atom stereocenters. The van der Waals surface area contributed by atoms with Crippen LogP contribution in [0.25, 0.3) is 0 Å². The third-order valence-electron chi connectivity index (χ3n) is 2.27. The van der Waals surface area contributed by atoms with Crippen LogP contribution >= 0.6 is 0 Å². The normalized spacial score (nSPS) is 21.9. The second-order valence-electron chi connectivity index (χ2n) is 3.49. The van der Waals surface area contributed by atoms with Crippen molar-refractivity contribution in [3.8, 4) is 0 Å². The lowest BCUT2D eigenvalue weighted by Crippen LogP contribution is -2.42. The first-order valence-corrected chi connectivity index (χ1v) is 4.45. The van der Waals surface area contributed by atoms with E-state index in [1.54, 1.807) is 0 Å². The van der Waals surface area contributed by atoms with Crippen molar-refractivity contribution in [1.29, 1.82) is 0 Å². The summed E-state index contributed by atoms with van der Waals surface area (Å²) in [4.78, 5) is 0. The fraction of sp³-hybridized carbons (Fsp3) is 0.875. The maximum absolute atomic E-state index is 8.32. The Morgan fingerprint density at radius 3 is 2.83 bits per heavy atom. The van der Waals surface area contributed by atoms with Gasteiger partial charge in [-0.2, -0.15) is 0 Å². The molecule has 4 N–H and O–H groups in total. The highest BCUT2D eigenvalue weighted by atomic mass is 16.4. The highest BCUT2D eigenvalue weighted by molar-refractivity contribution is 5.80. The Kier molecular flexibility index (Phi) is 3.34. The van der Waals surface area contributed by atoms with E-state index < -0.39 is 0 Å². The van der Waals surface area contributed by atoms with Gasteiger partial charge in [0.2, 0.25) is 0 Å². The van der Waals surface area contributed by atoms with E-state index >= 15 is 0 Å². The van der Waals surface area contributed by atoms with Crippen molar-refractivity contribution in [2.45, 2.75) is 44.7 Å². The van der Waals surface area contributed by atoms with Crippen LogP contribution in [0.5, 0.6) is 0 Å². The van der Waals surface area contributed by atoms with Crippen molar-refractivity contribution in [3.05, 3.63) is 0 Å². The van der Waals surface area contributed by atoms with E-state index in [9.17, 15) is 0 Å². The van der Waals surface area contributed by atoms with Crippen LogP contribution in [0.4, 0.5) is 0 Å². The first-order chi connectivity index (χ1) is 5.72. The van der Waals surface area contributed by atoms with Gasteiger partial charge in [0.05, 0.1) is 0 Å². The molecular weight excluding hydrogens is 154 g/mol. The minimum absolute atomic E-state index is 0.300. The molecule has 0 amide bonds. The monoisotopic (exact) mass is 171 g/mol. The summed E-state index contributed by atoms with van der Waals surface area (Å²) in [7, 11) is 0. The molecule has 0 heterocycles. The molecule has 0 aromatic heterocycles. The van der Waals surface area contributed by atoms with Gasteiger partial charge in [0.25, 0.3) is 0 Å². The van der Waals surface area contributed by atoms with E-state index in [4.69, 9.17) is 10.9 Å². The van der Waals surface area contributed by atoms with Crippen molar-refractivity contribution in [1.82, 2.24) is 5.32 Å². The van der Waals surface area contributed by atoms with Crippen LogP contribution in [0.2, 0.25) is 0 Å². The third-order valence-corrected chi connectivity index (χ3v) is 2.27. The Balaban J connectivity index is 2.14. The van der Waals surface area contributed by atoms with E-state index in [1.807, 2.05) is 0 Å². The number of oxime groups is 1. The summed E-state index contributed by atoms with van der Waals surface area (Å²) in [5.74, 6) is 0.300. The fourth-order valence-electron chi connectivity index (χ4n) is 1.39. The Labute approximate surface area is 72.8 Å². The third kappa shape index (κ3) is 2.70. The number of amidine groups is 1. The molecule has 4 heteroatoms. The van der Waals surface area contributed by atoms with Crippen molar-refractivity contribution in [2.75, 3.05) is 0 Å². The summed E-state index contributed by atoms with van der Waals surface area (Å²) in [5, 5.41) is 14.7. The summed E-state index contributed by atoms with van der Waals surface area (Å²) < 4.78 is 0. The SMILES string of the molecule is CC(CC(N)=NO)NC1CCC1. The molecule has 4 nitrogen and oxygen atoms in total. The van der Waals surface area contributed by atoms with Crippen LogP contribution in [0, 0.1) is 0 Å². The summed E-state index contributed by atoms with van der Waals surface area (Å²) in [6, 6.07) is 0.970. The summed E-state index contributed by atoms with van der Waals surface area (Å²) in [5.41, 5.74) is 5.37. The summed E-state index contributed by atoms with van der Waals surface area (Å²) in [6.45, 7) is 2.05. The van der Waals surface area contributed by atoms with Crippen LogP contribution in [-0.4, -0.2) is 23.1 Å². The number of nitrogens with zero attached hydrogens (tertiary/aromatic N) is 1. The molecule has 1 aliphatic carbocycles. The zero-order valence-electron chi connectivity index (χ0n) is 7.45. The average Bonchev–Trinajstić information content (AvgIpc) is 1.97. The lowest BCUT2D eigenvalue weighted by atomic mass is 9.92. The smallest absolute Gasteiger partial charge is 0.140 e. The fourth-order valence-corrected chi connectivity index (χ4v) is 1.39. The molecule has 0 saturated heterocycles. The lowest BCUT2D eigenvalue weighted by Gasteiger charge is -2.29. The van der Waals surface area contributed by atoms with Gasteiger partial charge in [-0.05, 0) is 19.8 Å². The highest BCUT2D eigenvalue weighted by Gasteiger charge is 2.19. The van der Waals surface area contributed by atoms with E-state index in [1.165, 1.54) is 19.3 Å². The predicted octanol–water partition coefficient (Wildman–Crippen LogP) is 0.653. The van der Waals surface area contributed by atoms with Gasteiger partial charge in [-0.3, -0.25) is 0 Å². The molecule has 1 fully saturated rings. The van der Waals surface area contributed by atoms with Crippen LogP contribution in [0.15, 0.2) is 5.16 Å². The van der Waals surface area contributed by atoms with Crippen LogP contribution in [0.1, 0.15) is 32.6 Å². The first-order valence-electron chi connectivity index (χ1n) is 4.45. The standard InChI is InChI=1S/C8H17N3O/c1-6(5-8(9)11-12)10-7-3-2-4-7/h6-7,10,12H,2-5H2,1H3,(H2,9,11). The molecule has 0 aromatic carbocycles. The van der Waals surface area contributed by atoms with Crippen LogP contribution < -0.4 is 11.1 Å². The van der Waals surface area contributed by atoms with Gasteiger partial charge in [-0.1, -0.05) is 11.6 Å². The van der Waals surface area contributed by atoms with E-state index in [-0.39, 0.29) is 0 Å². The Morgan fingerprint density at radius 1 is 1.75 bits per heavy atom. The molecule has 0 bridgehead atoms. The summed E-state index contributed by atoms with van der Waals surface area (Å²) in [6.07, 6.45) is 4.47. The van der Waals surface area contributed by atoms with Crippen molar-refractivity contribution >= 4 is 5.84 Å². The maximum atomic E-state index is 8.32. The molecule has 0 radical (unpaired) electrons. The Bertz CT molecular complexity index is 166. The molecule has 0 aliphatic heterocycles. The molecule has 0 spiro atoms. The van der Waals surface area contributed by atoms with Crippen LogP contribution in [0.3, 0.4) is 0 Å². The van der Waals surface area contributed by atoms with E-state index in [0.717, 1.165) is 0 Å². The predicted molar refractivity (Wildman–Crippen MR) is 48.3 cm³/mol. The van der Waals surface area contributed by atoms with Gasteiger partial charge in [0.1, 0.15) is 5.84 Å². The van der Waals surface area contributed by atoms with Gasteiger partial charge < -0.3 is 16.3 Å². The van der Waals surface area contributed by atoms with Crippen molar-refractivity contribution in [2.24, 2.45) is 10.9 Å². The molecule has 0 aromatic rings. The molecule has 1 saturated carbocycles. The van der Waals surface area contributed by atoms with Crippen molar-refractivity contribution < 1.29 is 5.21 Å². The lowest BCUT2D eigenvalue weighted by molar-refractivity contribution is 0.303. The molecule has 12 heavy (non-hydrogen) atoms. The maximum Gasteiger partial charge on any atom is 0.140 e. The number of rotatable bonds is 4. The minimum atomic E-state index is 0.300. The zero-order chi connectivity index (χ0) is 8.97. The zero-order valence-corrected chi connectivity index (χ0v) is 7.45. The second kappa shape index (κ2) is 4.30. The number of nitrogens with two attached hydrogens (primary N) is 1. The van der Waals surface area contributed by atoms with E-state index in [0.29, 0.717) is 24.3 Å². The molecule has 1 rings (SSSR count). The molecular formula is C8H17N3O. The van der Waals surface area contributed by atoms with Crippen LogP contribution in [-0.2, 0) is 0 Å². The number of nitrogens with one attached hydrogen (secondary N) is 1. The van der Waals surface area contributed by atoms with Gasteiger partial charge in [0, 0.05) is 18.5 Å². The Morgan fingerprint density at radius 2 is 2.42 bits per heavy atom. The van der Waals surface area contributed by atoms with Gasteiger partial charge in [-0.25, -0.2) is 0 Å². The largest absolute Gasteiger partial charge is 0.409 e. The quantitative estimate of drug-likeness (QED) is 0.252. The molecule has 70 valence electrons.